The highest BCUT2D eigenvalue weighted by atomic mass is 16.5. The van der Waals surface area contributed by atoms with Gasteiger partial charge in [-0.1, -0.05) is 78.7 Å². The summed E-state index contributed by atoms with van der Waals surface area (Å²) in [6.45, 7) is 0.193. The van der Waals surface area contributed by atoms with Crippen molar-refractivity contribution in [2.75, 3.05) is 6.61 Å². The van der Waals surface area contributed by atoms with Crippen molar-refractivity contribution >= 4 is 12.1 Å². The van der Waals surface area contributed by atoms with E-state index in [0.29, 0.717) is 17.1 Å². The van der Waals surface area contributed by atoms with Gasteiger partial charge >= 0.3 is 0 Å². The largest absolute Gasteiger partial charge is 0.481 e. The SMILES string of the molecule is C#CCOc1cccc(/C=N/c2oc(-c3ccccc3)c(-c3ccccc3)c2C#N)c1. The predicted octanol–water partition coefficient (Wildman–Crippen LogP) is 6.25. The molecule has 0 saturated carbocycles. The molecule has 4 rings (SSSR count). The lowest BCUT2D eigenvalue weighted by Crippen LogP contribution is -1.93. The summed E-state index contributed by atoms with van der Waals surface area (Å²) >= 11 is 0. The Kier molecular flexibility index (Phi) is 5.93. The van der Waals surface area contributed by atoms with Crippen molar-refractivity contribution in [2.45, 2.75) is 0 Å². The third kappa shape index (κ3) is 4.40. The summed E-state index contributed by atoms with van der Waals surface area (Å²) in [4.78, 5) is 4.49. The van der Waals surface area contributed by atoms with Gasteiger partial charge in [-0.2, -0.15) is 5.26 Å². The van der Waals surface area contributed by atoms with Gasteiger partial charge < -0.3 is 9.15 Å². The molecular weight excluding hydrogens is 384 g/mol. The highest BCUT2D eigenvalue weighted by Crippen LogP contribution is 2.42. The Morgan fingerprint density at radius 2 is 1.65 bits per heavy atom. The van der Waals surface area contributed by atoms with Gasteiger partial charge in [0, 0.05) is 17.3 Å². The molecule has 0 spiro atoms. The molecule has 148 valence electrons. The van der Waals surface area contributed by atoms with Gasteiger partial charge in [0.25, 0.3) is 0 Å². The zero-order chi connectivity index (χ0) is 21.5. The van der Waals surface area contributed by atoms with Crippen LogP contribution in [0.2, 0.25) is 0 Å². The molecule has 1 aromatic heterocycles. The van der Waals surface area contributed by atoms with E-state index < -0.39 is 0 Å². The molecule has 0 atom stereocenters. The molecule has 4 aromatic rings. The van der Waals surface area contributed by atoms with Crippen LogP contribution in [0, 0.1) is 23.7 Å². The fourth-order valence-corrected chi connectivity index (χ4v) is 3.23. The molecule has 0 aliphatic rings. The van der Waals surface area contributed by atoms with Gasteiger partial charge in [-0.3, -0.25) is 0 Å². The summed E-state index contributed by atoms with van der Waals surface area (Å²) in [5.74, 6) is 3.96. The van der Waals surface area contributed by atoms with Gasteiger partial charge in [0.05, 0.1) is 0 Å². The number of ether oxygens (including phenoxy) is 1. The van der Waals surface area contributed by atoms with Crippen LogP contribution < -0.4 is 4.74 Å². The third-order valence-electron chi connectivity index (χ3n) is 4.61. The number of nitrogens with zero attached hydrogens (tertiary/aromatic N) is 2. The maximum Gasteiger partial charge on any atom is 0.238 e. The Bertz CT molecular complexity index is 1290. The topological polar surface area (TPSA) is 58.5 Å². The minimum atomic E-state index is 0.193. The molecule has 3 aromatic carbocycles. The lowest BCUT2D eigenvalue weighted by molar-refractivity contribution is 0.370. The zero-order valence-electron chi connectivity index (χ0n) is 16.7. The van der Waals surface area contributed by atoms with Crippen LogP contribution in [-0.4, -0.2) is 12.8 Å². The van der Waals surface area contributed by atoms with Crippen LogP contribution in [-0.2, 0) is 0 Å². The van der Waals surface area contributed by atoms with Crippen LogP contribution in [0.4, 0.5) is 5.88 Å². The summed E-state index contributed by atoms with van der Waals surface area (Å²) in [6.07, 6.45) is 6.89. The molecule has 31 heavy (non-hydrogen) atoms. The highest BCUT2D eigenvalue weighted by molar-refractivity contribution is 5.90. The van der Waals surface area contributed by atoms with Gasteiger partial charge in [-0.15, -0.1) is 6.42 Å². The number of nitriles is 1. The van der Waals surface area contributed by atoms with Crippen molar-refractivity contribution in [3.8, 4) is 46.6 Å². The van der Waals surface area contributed by atoms with Crippen LogP contribution >= 0.6 is 0 Å². The summed E-state index contributed by atoms with van der Waals surface area (Å²) in [5.41, 5.74) is 3.70. The smallest absolute Gasteiger partial charge is 0.238 e. The number of benzene rings is 3. The highest BCUT2D eigenvalue weighted by Gasteiger charge is 2.22. The Hall–Kier alpha value is -4.54. The first-order valence-electron chi connectivity index (χ1n) is 9.68. The standard InChI is InChI=1S/C27H18N2O2/c1-2-16-30-23-15-9-10-20(17-23)19-29-27-24(18-28)25(21-11-5-3-6-12-21)26(31-27)22-13-7-4-8-14-22/h1,3-15,17,19H,16H2/b29-19+. The van der Waals surface area contributed by atoms with E-state index in [4.69, 9.17) is 15.6 Å². The average molecular weight is 402 g/mol. The summed E-state index contributed by atoms with van der Waals surface area (Å²) < 4.78 is 11.6. The molecule has 4 heteroatoms. The summed E-state index contributed by atoms with van der Waals surface area (Å²) in [7, 11) is 0. The van der Waals surface area contributed by atoms with E-state index >= 15 is 0 Å². The predicted molar refractivity (Wildman–Crippen MR) is 122 cm³/mol. The normalized spacial score (nSPS) is 10.5. The Morgan fingerprint density at radius 1 is 0.935 bits per heavy atom. The summed E-state index contributed by atoms with van der Waals surface area (Å²) in [6, 6.07) is 29.1. The maximum atomic E-state index is 9.94. The van der Waals surface area contributed by atoms with Gasteiger partial charge in [-0.25, -0.2) is 4.99 Å². The maximum absolute atomic E-state index is 9.94. The van der Waals surface area contributed by atoms with Crippen LogP contribution in [0.1, 0.15) is 11.1 Å². The first-order valence-corrected chi connectivity index (χ1v) is 9.68. The molecule has 0 aliphatic heterocycles. The van der Waals surface area contributed by atoms with Gasteiger partial charge in [0.1, 0.15) is 29.7 Å². The van der Waals surface area contributed by atoms with Crippen molar-refractivity contribution < 1.29 is 9.15 Å². The monoisotopic (exact) mass is 402 g/mol. The first-order chi connectivity index (χ1) is 15.3. The van der Waals surface area contributed by atoms with Gasteiger partial charge in [0.15, 0.2) is 0 Å². The van der Waals surface area contributed by atoms with E-state index in [-0.39, 0.29) is 12.5 Å². The number of hydrogen-bond acceptors (Lipinski definition) is 4. The van der Waals surface area contributed by atoms with E-state index in [1.54, 1.807) is 6.21 Å². The minimum absolute atomic E-state index is 0.193. The molecule has 0 unspecified atom stereocenters. The van der Waals surface area contributed by atoms with E-state index in [1.807, 2.05) is 84.9 Å². The van der Waals surface area contributed by atoms with Crippen molar-refractivity contribution in [1.29, 1.82) is 5.26 Å². The quantitative estimate of drug-likeness (QED) is 0.283. The van der Waals surface area contributed by atoms with Crippen LogP contribution in [0.5, 0.6) is 5.75 Å². The molecule has 0 amide bonds. The molecular formula is C27H18N2O2. The van der Waals surface area contributed by atoms with E-state index in [2.05, 4.69) is 17.0 Å². The second kappa shape index (κ2) is 9.31. The molecule has 0 aliphatic carbocycles. The van der Waals surface area contributed by atoms with E-state index in [0.717, 1.165) is 22.3 Å². The van der Waals surface area contributed by atoms with Crippen molar-refractivity contribution in [3.05, 3.63) is 96.1 Å². The molecule has 4 nitrogen and oxygen atoms in total. The Balaban J connectivity index is 1.79. The van der Waals surface area contributed by atoms with Crippen molar-refractivity contribution in [3.63, 3.8) is 0 Å². The van der Waals surface area contributed by atoms with Crippen molar-refractivity contribution in [2.24, 2.45) is 4.99 Å². The Morgan fingerprint density at radius 3 is 2.32 bits per heavy atom. The minimum Gasteiger partial charge on any atom is -0.481 e. The van der Waals surface area contributed by atoms with E-state index in [9.17, 15) is 5.26 Å². The second-order valence-electron chi connectivity index (χ2n) is 6.65. The van der Waals surface area contributed by atoms with Crippen LogP contribution in [0.25, 0.3) is 22.5 Å². The summed E-state index contributed by atoms with van der Waals surface area (Å²) in [5, 5.41) is 9.94. The number of rotatable bonds is 6. The van der Waals surface area contributed by atoms with Crippen molar-refractivity contribution in [1.82, 2.24) is 0 Å². The zero-order valence-corrected chi connectivity index (χ0v) is 16.7. The molecule has 1 heterocycles. The number of aliphatic imine (C=N–C) groups is 1. The molecule has 0 radical (unpaired) electrons. The Labute approximate surface area is 181 Å². The second-order valence-corrected chi connectivity index (χ2v) is 6.65. The average Bonchev–Trinajstić information content (AvgIpc) is 3.21. The fourth-order valence-electron chi connectivity index (χ4n) is 3.23. The van der Waals surface area contributed by atoms with Gasteiger partial charge in [0.2, 0.25) is 5.88 Å². The van der Waals surface area contributed by atoms with Gasteiger partial charge in [-0.05, 0) is 23.3 Å². The number of terminal acetylenes is 1. The molecule has 0 bridgehead atoms. The lowest BCUT2D eigenvalue weighted by atomic mass is 9.98. The lowest BCUT2D eigenvalue weighted by Gasteiger charge is -2.03. The van der Waals surface area contributed by atoms with Crippen LogP contribution in [0.3, 0.4) is 0 Å². The molecule has 0 saturated heterocycles. The van der Waals surface area contributed by atoms with E-state index in [1.165, 1.54) is 0 Å². The number of hydrogen-bond donors (Lipinski definition) is 0. The van der Waals surface area contributed by atoms with Crippen LogP contribution in [0.15, 0.2) is 94.3 Å². The third-order valence-corrected chi connectivity index (χ3v) is 4.61. The fraction of sp³-hybridized carbons (Fsp3) is 0.0370. The molecule has 0 N–H and O–H groups in total. The number of furan rings is 1. The first kappa shape index (κ1) is 19.8. The molecule has 0 fully saturated rings.